The highest BCUT2D eigenvalue weighted by atomic mass is 15.0. The standard InChI is InChI=1S/C18H19N3/c1-11-9-12(2)16-15(10-11)20-18(21-16)17-14-6-4-3-5-13(14)7-8-19-17/h3-6,9-10,17,19H,7-8H2,1-2H3,(H,20,21). The van der Waals surface area contributed by atoms with Crippen LogP contribution in [0.4, 0.5) is 0 Å². The van der Waals surface area contributed by atoms with Crippen LogP contribution in [0.1, 0.15) is 34.1 Å². The maximum absolute atomic E-state index is 4.86. The lowest BCUT2D eigenvalue weighted by molar-refractivity contribution is 0.549. The van der Waals surface area contributed by atoms with Gasteiger partial charge in [-0.15, -0.1) is 0 Å². The van der Waals surface area contributed by atoms with E-state index in [1.165, 1.54) is 22.3 Å². The quantitative estimate of drug-likeness (QED) is 0.715. The molecule has 2 aromatic carbocycles. The van der Waals surface area contributed by atoms with Gasteiger partial charge in [0.15, 0.2) is 0 Å². The third-order valence-electron chi connectivity index (χ3n) is 4.32. The Labute approximate surface area is 124 Å². The van der Waals surface area contributed by atoms with Crippen LogP contribution < -0.4 is 5.32 Å². The lowest BCUT2D eigenvalue weighted by atomic mass is 9.94. The molecule has 0 radical (unpaired) electrons. The third-order valence-corrected chi connectivity index (χ3v) is 4.32. The summed E-state index contributed by atoms with van der Waals surface area (Å²) in [5.41, 5.74) is 7.49. The molecule has 0 fully saturated rings. The van der Waals surface area contributed by atoms with Crippen LogP contribution in [-0.2, 0) is 6.42 Å². The number of hydrogen-bond acceptors (Lipinski definition) is 2. The van der Waals surface area contributed by atoms with Crippen molar-refractivity contribution in [2.24, 2.45) is 0 Å². The smallest absolute Gasteiger partial charge is 0.129 e. The average Bonchev–Trinajstić information content (AvgIpc) is 2.90. The van der Waals surface area contributed by atoms with Gasteiger partial charge in [-0.05, 0) is 48.6 Å². The zero-order valence-electron chi connectivity index (χ0n) is 12.4. The van der Waals surface area contributed by atoms with Crippen molar-refractivity contribution in [1.29, 1.82) is 0 Å². The lowest BCUT2D eigenvalue weighted by Gasteiger charge is -2.25. The van der Waals surface area contributed by atoms with Gasteiger partial charge in [-0.3, -0.25) is 0 Å². The van der Waals surface area contributed by atoms with E-state index < -0.39 is 0 Å². The van der Waals surface area contributed by atoms with Gasteiger partial charge in [0.1, 0.15) is 5.82 Å². The third kappa shape index (κ3) is 2.05. The molecule has 1 aliphatic heterocycles. The predicted octanol–water partition coefficient (Wildman–Crippen LogP) is 3.41. The number of aryl methyl sites for hydroxylation is 2. The van der Waals surface area contributed by atoms with Gasteiger partial charge in [0.2, 0.25) is 0 Å². The Balaban J connectivity index is 1.86. The van der Waals surface area contributed by atoms with Gasteiger partial charge in [-0.2, -0.15) is 0 Å². The molecular weight excluding hydrogens is 258 g/mol. The Morgan fingerprint density at radius 2 is 2.00 bits per heavy atom. The Bertz CT molecular complexity index is 816. The summed E-state index contributed by atoms with van der Waals surface area (Å²) in [6.45, 7) is 5.25. The molecule has 2 N–H and O–H groups in total. The first-order valence-electron chi connectivity index (χ1n) is 7.50. The molecule has 3 aromatic rings. The Morgan fingerprint density at radius 3 is 2.90 bits per heavy atom. The van der Waals surface area contributed by atoms with Crippen LogP contribution in [0.3, 0.4) is 0 Å². The van der Waals surface area contributed by atoms with Crippen molar-refractivity contribution < 1.29 is 0 Å². The molecule has 2 heterocycles. The summed E-state index contributed by atoms with van der Waals surface area (Å²) in [7, 11) is 0. The lowest BCUT2D eigenvalue weighted by Crippen LogP contribution is -2.31. The SMILES string of the molecule is Cc1cc(C)c2nc(C3NCCc4ccccc43)[nH]c2c1. The predicted molar refractivity (Wildman–Crippen MR) is 85.6 cm³/mol. The highest BCUT2D eigenvalue weighted by Gasteiger charge is 2.23. The van der Waals surface area contributed by atoms with E-state index in [-0.39, 0.29) is 6.04 Å². The summed E-state index contributed by atoms with van der Waals surface area (Å²) in [6.07, 6.45) is 1.09. The van der Waals surface area contributed by atoms with Crippen molar-refractivity contribution in [2.75, 3.05) is 6.54 Å². The molecule has 0 amide bonds. The van der Waals surface area contributed by atoms with Crippen LogP contribution in [0.25, 0.3) is 11.0 Å². The number of nitrogens with one attached hydrogen (secondary N) is 2. The van der Waals surface area contributed by atoms with E-state index in [4.69, 9.17) is 4.98 Å². The summed E-state index contributed by atoms with van der Waals surface area (Å²) >= 11 is 0. The van der Waals surface area contributed by atoms with E-state index in [0.29, 0.717) is 0 Å². The Kier molecular flexibility index (Phi) is 2.82. The van der Waals surface area contributed by atoms with Gasteiger partial charge in [0, 0.05) is 6.54 Å². The Morgan fingerprint density at radius 1 is 1.14 bits per heavy atom. The van der Waals surface area contributed by atoms with Crippen LogP contribution in [0, 0.1) is 13.8 Å². The fourth-order valence-electron chi connectivity index (χ4n) is 3.38. The van der Waals surface area contributed by atoms with Crippen LogP contribution in [0.2, 0.25) is 0 Å². The fourth-order valence-corrected chi connectivity index (χ4v) is 3.38. The van der Waals surface area contributed by atoms with Crippen LogP contribution >= 0.6 is 0 Å². The van der Waals surface area contributed by atoms with Gasteiger partial charge in [-0.25, -0.2) is 4.98 Å². The minimum absolute atomic E-state index is 0.169. The number of hydrogen-bond donors (Lipinski definition) is 2. The van der Waals surface area contributed by atoms with E-state index >= 15 is 0 Å². The molecule has 1 aromatic heterocycles. The second-order valence-corrected chi connectivity index (χ2v) is 5.94. The molecule has 0 bridgehead atoms. The number of aromatic nitrogens is 2. The van der Waals surface area contributed by atoms with Crippen LogP contribution in [0.5, 0.6) is 0 Å². The maximum Gasteiger partial charge on any atom is 0.129 e. The number of H-pyrrole nitrogens is 1. The minimum Gasteiger partial charge on any atom is -0.340 e. The molecule has 1 unspecified atom stereocenters. The van der Waals surface area contributed by atoms with Gasteiger partial charge < -0.3 is 10.3 Å². The highest BCUT2D eigenvalue weighted by Crippen LogP contribution is 2.29. The molecule has 0 aliphatic carbocycles. The number of fused-ring (bicyclic) bond motifs is 2. The van der Waals surface area contributed by atoms with Crippen LogP contribution in [-0.4, -0.2) is 16.5 Å². The molecule has 3 heteroatoms. The molecule has 21 heavy (non-hydrogen) atoms. The molecule has 4 rings (SSSR count). The molecule has 1 aliphatic rings. The summed E-state index contributed by atoms with van der Waals surface area (Å²) < 4.78 is 0. The van der Waals surface area contributed by atoms with Crippen molar-refractivity contribution in [2.45, 2.75) is 26.3 Å². The van der Waals surface area contributed by atoms with E-state index in [9.17, 15) is 0 Å². The van der Waals surface area contributed by atoms with Crippen molar-refractivity contribution in [3.8, 4) is 0 Å². The molecule has 3 nitrogen and oxygen atoms in total. The molecule has 0 saturated heterocycles. The average molecular weight is 277 g/mol. The largest absolute Gasteiger partial charge is 0.340 e. The zero-order valence-corrected chi connectivity index (χ0v) is 12.4. The van der Waals surface area contributed by atoms with Gasteiger partial charge in [0.25, 0.3) is 0 Å². The van der Waals surface area contributed by atoms with Gasteiger partial charge in [0.05, 0.1) is 17.1 Å². The van der Waals surface area contributed by atoms with Crippen molar-refractivity contribution >= 4 is 11.0 Å². The number of benzene rings is 2. The maximum atomic E-state index is 4.86. The van der Waals surface area contributed by atoms with Crippen molar-refractivity contribution in [3.63, 3.8) is 0 Å². The summed E-state index contributed by atoms with van der Waals surface area (Å²) in [5.74, 6) is 1.02. The topological polar surface area (TPSA) is 40.7 Å². The normalized spacial score (nSPS) is 17.9. The summed E-state index contributed by atoms with van der Waals surface area (Å²) in [4.78, 5) is 8.37. The number of aromatic amines is 1. The highest BCUT2D eigenvalue weighted by molar-refractivity contribution is 5.79. The first-order chi connectivity index (χ1) is 10.2. The second kappa shape index (κ2) is 4.71. The Hall–Kier alpha value is -2.13. The number of nitrogens with zero attached hydrogens (tertiary/aromatic N) is 1. The van der Waals surface area contributed by atoms with Gasteiger partial charge in [-0.1, -0.05) is 30.3 Å². The van der Waals surface area contributed by atoms with Gasteiger partial charge >= 0.3 is 0 Å². The van der Waals surface area contributed by atoms with Crippen molar-refractivity contribution in [1.82, 2.24) is 15.3 Å². The fraction of sp³-hybridized carbons (Fsp3) is 0.278. The zero-order chi connectivity index (χ0) is 14.4. The molecule has 0 spiro atoms. The molecular formula is C18H19N3. The molecule has 1 atom stereocenters. The summed E-state index contributed by atoms with van der Waals surface area (Å²) in [5, 5.41) is 3.59. The monoisotopic (exact) mass is 277 g/mol. The summed E-state index contributed by atoms with van der Waals surface area (Å²) in [6, 6.07) is 13.2. The molecule has 106 valence electrons. The van der Waals surface area contributed by atoms with E-state index in [2.05, 4.69) is 60.5 Å². The first-order valence-corrected chi connectivity index (χ1v) is 7.50. The van der Waals surface area contributed by atoms with E-state index in [0.717, 1.165) is 29.8 Å². The number of imidazole rings is 1. The number of rotatable bonds is 1. The van der Waals surface area contributed by atoms with E-state index in [1.54, 1.807) is 0 Å². The first kappa shape index (κ1) is 12.6. The van der Waals surface area contributed by atoms with Crippen molar-refractivity contribution in [3.05, 3.63) is 64.5 Å². The minimum atomic E-state index is 0.169. The second-order valence-electron chi connectivity index (χ2n) is 5.94. The van der Waals surface area contributed by atoms with Crippen LogP contribution in [0.15, 0.2) is 36.4 Å². The van der Waals surface area contributed by atoms with E-state index in [1.807, 2.05) is 0 Å². The molecule has 0 saturated carbocycles.